The van der Waals surface area contributed by atoms with Crippen LogP contribution < -0.4 is 15.0 Å². The molecule has 1 aliphatic heterocycles. The number of methoxy groups -OCH3 is 1. The van der Waals surface area contributed by atoms with E-state index in [4.69, 9.17) is 51.8 Å². The van der Waals surface area contributed by atoms with Crippen molar-refractivity contribution in [3.05, 3.63) is 56.5 Å². The zero-order valence-electron chi connectivity index (χ0n) is 14.1. The second-order valence-corrected chi connectivity index (χ2v) is 7.18. The minimum Gasteiger partial charge on any atom is -0.504 e. The van der Waals surface area contributed by atoms with E-state index in [1.165, 1.54) is 31.4 Å². The van der Waals surface area contributed by atoms with E-state index in [1.807, 2.05) is 0 Å². The first-order chi connectivity index (χ1) is 13.2. The standard InChI is InChI=1S/C18H11Cl3N2O4S/c1-27-13-7-9(19)5-8(15(13)24)6-10-16(25)22-18(28)23(17(10)26)12-4-2-3-11(20)14(12)21/h2-7,24H,1H3,(H,22,25,28)/b10-6+. The van der Waals surface area contributed by atoms with Crippen LogP contribution in [0.2, 0.25) is 15.1 Å². The summed E-state index contributed by atoms with van der Waals surface area (Å²) < 4.78 is 5.03. The maximum atomic E-state index is 13.0. The molecule has 1 saturated heterocycles. The summed E-state index contributed by atoms with van der Waals surface area (Å²) in [6, 6.07) is 7.46. The third-order valence-corrected chi connectivity index (χ3v) is 5.17. The number of ether oxygens (including phenoxy) is 1. The quantitative estimate of drug-likeness (QED) is 0.410. The molecule has 0 bridgehead atoms. The number of benzene rings is 2. The molecule has 1 aliphatic rings. The van der Waals surface area contributed by atoms with E-state index in [1.54, 1.807) is 12.1 Å². The van der Waals surface area contributed by atoms with Gasteiger partial charge in [0.1, 0.15) is 5.57 Å². The number of carbonyl (C=O) groups excluding carboxylic acids is 2. The molecule has 144 valence electrons. The highest BCUT2D eigenvalue weighted by atomic mass is 35.5. The molecule has 0 spiro atoms. The summed E-state index contributed by atoms with van der Waals surface area (Å²) in [5.41, 5.74) is 0.0417. The van der Waals surface area contributed by atoms with Crippen LogP contribution in [0.5, 0.6) is 11.5 Å². The van der Waals surface area contributed by atoms with Crippen LogP contribution >= 0.6 is 47.0 Å². The highest BCUT2D eigenvalue weighted by molar-refractivity contribution is 7.80. The van der Waals surface area contributed by atoms with Crippen LogP contribution in [0, 0.1) is 0 Å². The molecule has 2 aromatic carbocycles. The number of carbonyl (C=O) groups is 2. The monoisotopic (exact) mass is 456 g/mol. The molecule has 6 nitrogen and oxygen atoms in total. The van der Waals surface area contributed by atoms with Gasteiger partial charge in [-0.1, -0.05) is 40.9 Å². The van der Waals surface area contributed by atoms with Crippen molar-refractivity contribution in [3.8, 4) is 11.5 Å². The Kier molecular flexibility index (Phi) is 5.81. The number of halogens is 3. The highest BCUT2D eigenvalue weighted by Gasteiger charge is 2.36. The Hall–Kier alpha value is -2.32. The molecule has 0 unspecified atom stereocenters. The number of phenolic OH excluding ortho intramolecular Hbond substituents is 1. The van der Waals surface area contributed by atoms with Crippen molar-refractivity contribution in [3.63, 3.8) is 0 Å². The molecule has 2 N–H and O–H groups in total. The van der Waals surface area contributed by atoms with Crippen LogP contribution in [-0.4, -0.2) is 29.1 Å². The van der Waals surface area contributed by atoms with Gasteiger partial charge in [-0.2, -0.15) is 0 Å². The van der Waals surface area contributed by atoms with Crippen LogP contribution in [-0.2, 0) is 9.59 Å². The topological polar surface area (TPSA) is 78.9 Å². The number of amides is 2. The predicted octanol–water partition coefficient (Wildman–Crippen LogP) is 4.19. The third-order valence-electron chi connectivity index (χ3n) is 3.86. The van der Waals surface area contributed by atoms with Crippen molar-refractivity contribution >= 4 is 75.7 Å². The van der Waals surface area contributed by atoms with E-state index in [-0.39, 0.29) is 48.5 Å². The van der Waals surface area contributed by atoms with Gasteiger partial charge in [-0.25, -0.2) is 0 Å². The predicted molar refractivity (Wildman–Crippen MR) is 112 cm³/mol. The van der Waals surface area contributed by atoms with Crippen LogP contribution in [0.3, 0.4) is 0 Å². The molecular formula is C18H11Cl3N2O4S. The van der Waals surface area contributed by atoms with Crippen LogP contribution in [0.4, 0.5) is 5.69 Å². The van der Waals surface area contributed by atoms with Crippen molar-refractivity contribution < 1.29 is 19.4 Å². The number of hydrogen-bond acceptors (Lipinski definition) is 5. The van der Waals surface area contributed by atoms with Gasteiger partial charge in [-0.05, 0) is 36.5 Å². The summed E-state index contributed by atoms with van der Waals surface area (Å²) in [6.07, 6.45) is 1.19. The number of phenols is 1. The molecule has 1 heterocycles. The average Bonchev–Trinajstić information content (AvgIpc) is 2.64. The Morgan fingerprint density at radius 3 is 2.61 bits per heavy atom. The number of rotatable bonds is 3. The Morgan fingerprint density at radius 1 is 1.21 bits per heavy atom. The number of aromatic hydroxyl groups is 1. The summed E-state index contributed by atoms with van der Waals surface area (Å²) in [5, 5.41) is 13.1. The number of thiocarbonyl (C=S) groups is 1. The summed E-state index contributed by atoms with van der Waals surface area (Å²) >= 11 is 23.3. The van der Waals surface area contributed by atoms with Gasteiger partial charge < -0.3 is 9.84 Å². The first kappa shape index (κ1) is 20.4. The second kappa shape index (κ2) is 7.97. The normalized spacial score (nSPS) is 15.8. The van der Waals surface area contributed by atoms with Crippen LogP contribution in [0.25, 0.3) is 6.08 Å². The van der Waals surface area contributed by atoms with E-state index < -0.39 is 11.8 Å². The fraction of sp³-hybridized carbons (Fsp3) is 0.0556. The van der Waals surface area contributed by atoms with Gasteiger partial charge in [0, 0.05) is 16.7 Å². The van der Waals surface area contributed by atoms with E-state index in [0.717, 1.165) is 4.90 Å². The Bertz CT molecular complexity index is 1060. The van der Waals surface area contributed by atoms with E-state index in [2.05, 4.69) is 5.32 Å². The molecule has 10 heteroatoms. The lowest BCUT2D eigenvalue weighted by molar-refractivity contribution is -0.122. The van der Waals surface area contributed by atoms with Gasteiger partial charge in [0.25, 0.3) is 11.8 Å². The van der Waals surface area contributed by atoms with Crippen LogP contribution in [0.15, 0.2) is 35.9 Å². The van der Waals surface area contributed by atoms with Gasteiger partial charge in [-0.3, -0.25) is 19.8 Å². The van der Waals surface area contributed by atoms with Gasteiger partial charge >= 0.3 is 0 Å². The molecule has 2 aromatic rings. The maximum absolute atomic E-state index is 13.0. The minimum atomic E-state index is -0.740. The summed E-state index contributed by atoms with van der Waals surface area (Å²) in [7, 11) is 1.35. The lowest BCUT2D eigenvalue weighted by Crippen LogP contribution is -2.54. The number of anilines is 1. The number of nitrogens with zero attached hydrogens (tertiary/aromatic N) is 1. The van der Waals surface area contributed by atoms with Crippen molar-refractivity contribution in [2.75, 3.05) is 12.0 Å². The second-order valence-electron chi connectivity index (χ2n) is 5.58. The van der Waals surface area contributed by atoms with E-state index >= 15 is 0 Å². The van der Waals surface area contributed by atoms with E-state index in [0.29, 0.717) is 0 Å². The molecule has 0 aromatic heterocycles. The number of hydrogen-bond donors (Lipinski definition) is 2. The molecule has 0 atom stereocenters. The van der Waals surface area contributed by atoms with Gasteiger partial charge in [-0.15, -0.1) is 0 Å². The third kappa shape index (κ3) is 3.66. The van der Waals surface area contributed by atoms with Gasteiger partial charge in [0.2, 0.25) is 0 Å². The molecular weight excluding hydrogens is 447 g/mol. The summed E-state index contributed by atoms with van der Waals surface area (Å²) in [5.74, 6) is -1.66. The van der Waals surface area contributed by atoms with Gasteiger partial charge in [0.05, 0.1) is 22.8 Å². The summed E-state index contributed by atoms with van der Waals surface area (Å²) in [4.78, 5) is 26.5. The molecule has 28 heavy (non-hydrogen) atoms. The Morgan fingerprint density at radius 2 is 1.93 bits per heavy atom. The summed E-state index contributed by atoms with van der Waals surface area (Å²) in [6.45, 7) is 0. The maximum Gasteiger partial charge on any atom is 0.270 e. The average molecular weight is 458 g/mol. The molecule has 0 saturated carbocycles. The van der Waals surface area contributed by atoms with Crippen molar-refractivity contribution in [2.24, 2.45) is 0 Å². The molecule has 0 aliphatic carbocycles. The highest BCUT2D eigenvalue weighted by Crippen LogP contribution is 2.37. The fourth-order valence-corrected chi connectivity index (χ4v) is 3.43. The zero-order chi connectivity index (χ0) is 20.6. The smallest absolute Gasteiger partial charge is 0.270 e. The first-order valence-electron chi connectivity index (χ1n) is 7.66. The Balaban J connectivity index is 2.12. The lowest BCUT2D eigenvalue weighted by atomic mass is 10.1. The molecule has 0 radical (unpaired) electrons. The van der Waals surface area contributed by atoms with Crippen LogP contribution in [0.1, 0.15) is 5.56 Å². The van der Waals surface area contributed by atoms with Crippen molar-refractivity contribution in [1.29, 1.82) is 0 Å². The SMILES string of the molecule is COc1cc(Cl)cc(/C=C2\C(=O)NC(=S)N(c3cccc(Cl)c3Cl)C2=O)c1O. The molecule has 2 amide bonds. The van der Waals surface area contributed by atoms with Crippen molar-refractivity contribution in [2.45, 2.75) is 0 Å². The van der Waals surface area contributed by atoms with Gasteiger partial charge in [0.15, 0.2) is 16.6 Å². The molecule has 1 fully saturated rings. The largest absolute Gasteiger partial charge is 0.504 e. The molecule has 3 rings (SSSR count). The lowest BCUT2D eigenvalue weighted by Gasteiger charge is -2.29. The fourth-order valence-electron chi connectivity index (χ4n) is 2.56. The van der Waals surface area contributed by atoms with Crippen molar-refractivity contribution in [1.82, 2.24) is 5.32 Å². The zero-order valence-corrected chi connectivity index (χ0v) is 17.2. The first-order valence-corrected chi connectivity index (χ1v) is 9.20. The Labute approximate surface area is 180 Å². The minimum absolute atomic E-state index is 0.0910. The number of nitrogens with one attached hydrogen (secondary N) is 1. The van der Waals surface area contributed by atoms with E-state index in [9.17, 15) is 14.7 Å².